The van der Waals surface area contributed by atoms with Gasteiger partial charge < -0.3 is 10.2 Å². The van der Waals surface area contributed by atoms with Crippen molar-refractivity contribution < 1.29 is 9.18 Å². The molecule has 2 rings (SSSR count). The number of amides is 2. The fraction of sp³-hybridized carbons (Fsp3) is 0.389. The van der Waals surface area contributed by atoms with Gasteiger partial charge in [-0.3, -0.25) is 4.68 Å². The normalized spacial score (nSPS) is 11.7. The molecule has 1 N–H and O–H groups in total. The molecule has 2 amide bonds. The van der Waals surface area contributed by atoms with Crippen molar-refractivity contribution in [3.63, 3.8) is 0 Å². The Bertz CT molecular complexity index is 808. The van der Waals surface area contributed by atoms with Gasteiger partial charge in [0.2, 0.25) is 0 Å². The van der Waals surface area contributed by atoms with E-state index in [9.17, 15) is 9.18 Å². The second-order valence-corrected chi connectivity index (χ2v) is 5.91. The van der Waals surface area contributed by atoms with Crippen LogP contribution in [0, 0.1) is 24.1 Å². The van der Waals surface area contributed by atoms with Crippen LogP contribution in [0.25, 0.3) is 0 Å². The van der Waals surface area contributed by atoms with Crippen LogP contribution in [-0.2, 0) is 13.6 Å². The summed E-state index contributed by atoms with van der Waals surface area (Å²) in [5, 5.41) is 15.9. The number of carbonyl (C=O) groups excluding carboxylic acids is 1. The number of nitrogens with one attached hydrogen (secondary N) is 1. The zero-order valence-electron chi connectivity index (χ0n) is 14.9. The van der Waals surface area contributed by atoms with E-state index in [1.54, 1.807) is 23.0 Å². The lowest BCUT2D eigenvalue weighted by Gasteiger charge is -2.24. The number of halogens is 1. The molecular weight excluding hydrogens is 321 g/mol. The molecule has 0 saturated carbocycles. The topological polar surface area (TPSA) is 74.0 Å². The Kier molecular flexibility index (Phi) is 5.75. The molecule has 0 aliphatic heterocycles. The first kappa shape index (κ1) is 18.5. The fourth-order valence-corrected chi connectivity index (χ4v) is 2.57. The molecule has 25 heavy (non-hydrogen) atoms. The minimum Gasteiger partial charge on any atom is -0.331 e. The average Bonchev–Trinajstić information content (AvgIpc) is 2.92. The molecule has 0 unspecified atom stereocenters. The van der Waals surface area contributed by atoms with Crippen LogP contribution < -0.4 is 5.32 Å². The summed E-state index contributed by atoms with van der Waals surface area (Å²) in [6.45, 7) is 6.23. The van der Waals surface area contributed by atoms with E-state index < -0.39 is 5.82 Å². The minimum absolute atomic E-state index is 0.138. The van der Waals surface area contributed by atoms with Gasteiger partial charge in [0.1, 0.15) is 5.82 Å². The third-order valence-electron chi connectivity index (χ3n) is 4.29. The summed E-state index contributed by atoms with van der Waals surface area (Å²) in [5.74, 6) is -0.485. The monoisotopic (exact) mass is 343 g/mol. The summed E-state index contributed by atoms with van der Waals surface area (Å²) in [6.07, 6.45) is 1.73. The van der Waals surface area contributed by atoms with E-state index in [-0.39, 0.29) is 24.2 Å². The highest BCUT2D eigenvalue weighted by atomic mass is 19.1. The number of benzene rings is 1. The molecule has 1 heterocycles. The summed E-state index contributed by atoms with van der Waals surface area (Å²) in [7, 11) is 1.85. The number of nitriles is 1. The van der Waals surface area contributed by atoms with Crippen LogP contribution in [0.2, 0.25) is 0 Å². The van der Waals surface area contributed by atoms with Gasteiger partial charge >= 0.3 is 6.03 Å². The molecule has 0 fully saturated rings. The minimum atomic E-state index is -0.485. The first-order valence-electron chi connectivity index (χ1n) is 8.09. The molecule has 0 radical (unpaired) electrons. The van der Waals surface area contributed by atoms with E-state index in [0.29, 0.717) is 12.1 Å². The first-order chi connectivity index (χ1) is 11.9. The second-order valence-electron chi connectivity index (χ2n) is 5.91. The Labute approximate surface area is 146 Å². The highest BCUT2D eigenvalue weighted by Crippen LogP contribution is 2.17. The summed E-state index contributed by atoms with van der Waals surface area (Å²) >= 11 is 0. The van der Waals surface area contributed by atoms with Crippen molar-refractivity contribution in [3.05, 3.63) is 52.6 Å². The lowest BCUT2D eigenvalue weighted by molar-refractivity contribution is 0.194. The maximum Gasteiger partial charge on any atom is 0.318 e. The van der Waals surface area contributed by atoms with Gasteiger partial charge in [-0.2, -0.15) is 10.4 Å². The Morgan fingerprint density at radius 1 is 1.52 bits per heavy atom. The number of aryl methyl sites for hydroxylation is 1. The third kappa shape index (κ3) is 4.15. The van der Waals surface area contributed by atoms with E-state index >= 15 is 0 Å². The van der Waals surface area contributed by atoms with Crippen LogP contribution in [-0.4, -0.2) is 27.3 Å². The predicted octanol–water partition coefficient (Wildman–Crippen LogP) is 3.03. The van der Waals surface area contributed by atoms with E-state index in [0.717, 1.165) is 11.3 Å². The van der Waals surface area contributed by atoms with Gasteiger partial charge in [0.25, 0.3) is 0 Å². The molecule has 0 spiro atoms. The highest BCUT2D eigenvalue weighted by Gasteiger charge is 2.19. The Hall–Kier alpha value is -2.88. The van der Waals surface area contributed by atoms with E-state index in [4.69, 9.17) is 5.26 Å². The second kappa shape index (κ2) is 7.79. The van der Waals surface area contributed by atoms with E-state index in [1.165, 1.54) is 11.0 Å². The van der Waals surface area contributed by atoms with Crippen molar-refractivity contribution in [1.29, 1.82) is 5.26 Å². The molecule has 0 aliphatic rings. The number of hydrogen-bond acceptors (Lipinski definition) is 3. The van der Waals surface area contributed by atoms with E-state index in [2.05, 4.69) is 10.4 Å². The Morgan fingerprint density at radius 2 is 2.24 bits per heavy atom. The van der Waals surface area contributed by atoms with Crippen LogP contribution in [0.4, 0.5) is 9.18 Å². The molecule has 7 heteroatoms. The largest absolute Gasteiger partial charge is 0.331 e. The maximum atomic E-state index is 14.1. The predicted molar refractivity (Wildman–Crippen MR) is 92.1 cm³/mol. The van der Waals surface area contributed by atoms with Crippen LogP contribution >= 0.6 is 0 Å². The standard InChI is InChI=1S/C18H22FN5O/c1-5-24(11-15-7-6-14(9-20)8-17(15)19)18(25)22-12(2)16-10-21-23(4)13(16)3/h6-8,10,12H,5,11H2,1-4H3,(H,22,25)/t12-/m0/s1. The van der Waals surface area contributed by atoms with Crippen molar-refractivity contribution in [1.82, 2.24) is 20.0 Å². The number of urea groups is 1. The molecule has 132 valence electrons. The number of nitrogens with zero attached hydrogens (tertiary/aromatic N) is 4. The molecule has 6 nitrogen and oxygen atoms in total. The molecule has 0 bridgehead atoms. The lowest BCUT2D eigenvalue weighted by atomic mass is 10.1. The number of carbonyl (C=O) groups is 1. The van der Waals surface area contributed by atoms with Gasteiger partial charge in [-0.25, -0.2) is 9.18 Å². The molecule has 0 saturated heterocycles. The van der Waals surface area contributed by atoms with Crippen LogP contribution in [0.5, 0.6) is 0 Å². The summed E-state index contributed by atoms with van der Waals surface area (Å²) in [6, 6.07) is 5.68. The average molecular weight is 343 g/mol. The SMILES string of the molecule is CCN(Cc1ccc(C#N)cc1F)C(=O)N[C@@H](C)c1cnn(C)c1C. The smallest absolute Gasteiger partial charge is 0.318 e. The van der Waals surface area contributed by atoms with Crippen molar-refractivity contribution in [2.75, 3.05) is 6.54 Å². The molecule has 1 atom stereocenters. The Morgan fingerprint density at radius 3 is 2.76 bits per heavy atom. The molecule has 2 aromatic rings. The molecular formula is C18H22FN5O. The maximum absolute atomic E-state index is 14.1. The van der Waals surface area contributed by atoms with Gasteiger partial charge in [-0.1, -0.05) is 6.07 Å². The lowest BCUT2D eigenvalue weighted by Crippen LogP contribution is -2.40. The Balaban J connectivity index is 2.08. The van der Waals surface area contributed by atoms with Gasteiger partial charge in [0.15, 0.2) is 0 Å². The molecule has 1 aromatic carbocycles. The van der Waals surface area contributed by atoms with E-state index in [1.807, 2.05) is 33.9 Å². The van der Waals surface area contributed by atoms with Gasteiger partial charge in [-0.05, 0) is 32.9 Å². The number of hydrogen-bond donors (Lipinski definition) is 1. The van der Waals surface area contributed by atoms with Crippen LogP contribution in [0.1, 0.15) is 42.3 Å². The molecule has 0 aliphatic carbocycles. The zero-order chi connectivity index (χ0) is 18.6. The van der Waals surface area contributed by atoms with Crippen molar-refractivity contribution >= 4 is 6.03 Å². The summed E-state index contributed by atoms with van der Waals surface area (Å²) in [5.41, 5.74) is 2.56. The first-order valence-corrected chi connectivity index (χ1v) is 8.09. The summed E-state index contributed by atoms with van der Waals surface area (Å²) in [4.78, 5) is 14.0. The van der Waals surface area contributed by atoms with Gasteiger partial charge in [0.05, 0.1) is 30.4 Å². The fourth-order valence-electron chi connectivity index (χ4n) is 2.57. The van der Waals surface area contributed by atoms with Crippen LogP contribution in [0.15, 0.2) is 24.4 Å². The van der Waals surface area contributed by atoms with Gasteiger partial charge in [0, 0.05) is 30.4 Å². The number of aromatic nitrogens is 2. The van der Waals surface area contributed by atoms with Crippen molar-refractivity contribution in [3.8, 4) is 6.07 Å². The molecule has 1 aromatic heterocycles. The summed E-state index contributed by atoms with van der Waals surface area (Å²) < 4.78 is 15.8. The highest BCUT2D eigenvalue weighted by molar-refractivity contribution is 5.74. The van der Waals surface area contributed by atoms with Crippen molar-refractivity contribution in [2.24, 2.45) is 7.05 Å². The quantitative estimate of drug-likeness (QED) is 0.907. The van der Waals surface area contributed by atoms with Crippen LogP contribution in [0.3, 0.4) is 0 Å². The van der Waals surface area contributed by atoms with Crippen molar-refractivity contribution in [2.45, 2.75) is 33.4 Å². The zero-order valence-corrected chi connectivity index (χ0v) is 14.9. The third-order valence-corrected chi connectivity index (χ3v) is 4.29. The van der Waals surface area contributed by atoms with Gasteiger partial charge in [-0.15, -0.1) is 0 Å². The number of rotatable bonds is 5.